The van der Waals surface area contributed by atoms with Crippen LogP contribution in [0.3, 0.4) is 0 Å². The predicted octanol–water partition coefficient (Wildman–Crippen LogP) is 2.97. The van der Waals surface area contributed by atoms with Crippen LogP contribution in [0.15, 0.2) is 18.2 Å². The highest BCUT2D eigenvalue weighted by Crippen LogP contribution is 2.35. The molecule has 2 rings (SSSR count). The van der Waals surface area contributed by atoms with Crippen LogP contribution >= 0.6 is 22.9 Å². The number of nitrogens with two attached hydrogens (primary N) is 1. The van der Waals surface area contributed by atoms with Crippen LogP contribution in [0.5, 0.6) is 5.75 Å². The van der Waals surface area contributed by atoms with Gasteiger partial charge in [-0.15, -0.1) is 11.3 Å². The summed E-state index contributed by atoms with van der Waals surface area (Å²) >= 11 is 7.69. The third-order valence-electron chi connectivity index (χ3n) is 2.87. The Hall–Kier alpha value is -1.14. The van der Waals surface area contributed by atoms with Crippen LogP contribution in [0, 0.1) is 13.8 Å². The van der Waals surface area contributed by atoms with Crippen molar-refractivity contribution in [2.75, 3.05) is 7.11 Å². The first-order valence-corrected chi connectivity index (χ1v) is 6.99. The summed E-state index contributed by atoms with van der Waals surface area (Å²) in [4.78, 5) is 5.50. The Morgan fingerprint density at radius 3 is 2.68 bits per heavy atom. The molecular weight excluding hydrogens is 282 g/mol. The maximum absolute atomic E-state index is 6.07. The minimum atomic E-state index is -0.181. The Kier molecular flexibility index (Phi) is 4.42. The lowest BCUT2D eigenvalue weighted by atomic mass is 10.0. The zero-order valence-electron chi connectivity index (χ0n) is 11.0. The molecule has 1 atom stereocenters. The number of aryl methyl sites for hydroxylation is 2. The van der Waals surface area contributed by atoms with Crippen molar-refractivity contribution in [3.63, 3.8) is 0 Å². The number of benzene rings is 1. The quantitative estimate of drug-likeness (QED) is 0.673. The molecule has 6 heteroatoms. The normalized spacial score (nSPS) is 12.5. The maximum Gasteiger partial charge on any atom is 0.124 e. The summed E-state index contributed by atoms with van der Waals surface area (Å²) in [6.07, 6.45) is 0. The lowest BCUT2D eigenvalue weighted by Crippen LogP contribution is -2.29. The van der Waals surface area contributed by atoms with Crippen molar-refractivity contribution < 1.29 is 4.74 Å². The Morgan fingerprint density at radius 2 is 2.16 bits per heavy atom. The topological polar surface area (TPSA) is 60.2 Å². The fourth-order valence-electron chi connectivity index (χ4n) is 2.05. The highest BCUT2D eigenvalue weighted by Gasteiger charge is 2.22. The summed E-state index contributed by atoms with van der Waals surface area (Å²) in [5, 5.41) is 1.66. The molecule has 0 aliphatic rings. The van der Waals surface area contributed by atoms with Gasteiger partial charge >= 0.3 is 0 Å². The first-order chi connectivity index (χ1) is 9.06. The molecule has 2 aromatic rings. The average molecular weight is 298 g/mol. The van der Waals surface area contributed by atoms with Gasteiger partial charge in [-0.25, -0.2) is 10.4 Å². The molecule has 1 heterocycles. The number of hydrogen-bond donors (Lipinski definition) is 2. The standard InChI is InChI=1S/C13H16ClN3OS/c1-7-13(19-8(2)16-7)12(17-15)10-6-9(14)4-5-11(10)18-3/h4-6,12,17H,15H2,1-3H3. The van der Waals surface area contributed by atoms with Crippen molar-refractivity contribution in [2.24, 2.45) is 5.84 Å². The number of thiazole rings is 1. The second-order valence-electron chi connectivity index (χ2n) is 4.17. The summed E-state index contributed by atoms with van der Waals surface area (Å²) in [6, 6.07) is 5.31. The molecule has 0 bridgehead atoms. The molecule has 0 saturated carbocycles. The van der Waals surface area contributed by atoms with E-state index in [-0.39, 0.29) is 6.04 Å². The van der Waals surface area contributed by atoms with Crippen molar-refractivity contribution in [2.45, 2.75) is 19.9 Å². The van der Waals surface area contributed by atoms with Gasteiger partial charge in [-0.1, -0.05) is 11.6 Å². The molecule has 0 radical (unpaired) electrons. The molecular formula is C13H16ClN3OS. The van der Waals surface area contributed by atoms with Gasteiger partial charge in [0.15, 0.2) is 0 Å². The van der Waals surface area contributed by atoms with Crippen LogP contribution in [0.25, 0.3) is 0 Å². The molecule has 1 aromatic heterocycles. The molecule has 1 unspecified atom stereocenters. The highest BCUT2D eigenvalue weighted by molar-refractivity contribution is 7.11. The molecule has 3 N–H and O–H groups in total. The fraction of sp³-hybridized carbons (Fsp3) is 0.308. The summed E-state index contributed by atoms with van der Waals surface area (Å²) in [5.74, 6) is 6.47. The Morgan fingerprint density at radius 1 is 1.42 bits per heavy atom. The second kappa shape index (κ2) is 5.88. The smallest absolute Gasteiger partial charge is 0.124 e. The third kappa shape index (κ3) is 2.90. The summed E-state index contributed by atoms with van der Waals surface area (Å²) in [7, 11) is 1.63. The lowest BCUT2D eigenvalue weighted by Gasteiger charge is -2.18. The second-order valence-corrected chi connectivity index (χ2v) is 5.84. The molecule has 0 amide bonds. The number of aromatic nitrogens is 1. The fourth-order valence-corrected chi connectivity index (χ4v) is 3.24. The third-order valence-corrected chi connectivity index (χ3v) is 4.24. The molecule has 0 saturated heterocycles. The number of hydrazine groups is 1. The maximum atomic E-state index is 6.07. The van der Waals surface area contributed by atoms with E-state index in [1.165, 1.54) is 0 Å². The Bertz CT molecular complexity index is 585. The molecule has 4 nitrogen and oxygen atoms in total. The average Bonchev–Trinajstić information content (AvgIpc) is 2.70. The van der Waals surface area contributed by atoms with Crippen molar-refractivity contribution in [1.82, 2.24) is 10.4 Å². The van der Waals surface area contributed by atoms with E-state index < -0.39 is 0 Å². The largest absolute Gasteiger partial charge is 0.496 e. The van der Waals surface area contributed by atoms with Crippen LogP contribution in [0.2, 0.25) is 5.02 Å². The number of halogens is 1. The highest BCUT2D eigenvalue weighted by atomic mass is 35.5. The van der Waals surface area contributed by atoms with Gasteiger partial charge in [0.1, 0.15) is 5.75 Å². The first kappa shape index (κ1) is 14.3. The van der Waals surface area contributed by atoms with Crippen LogP contribution in [0.1, 0.15) is 27.2 Å². The predicted molar refractivity (Wildman–Crippen MR) is 78.8 cm³/mol. The minimum Gasteiger partial charge on any atom is -0.496 e. The molecule has 0 fully saturated rings. The van der Waals surface area contributed by atoms with Gasteiger partial charge in [0.2, 0.25) is 0 Å². The Labute approximate surface area is 121 Å². The zero-order valence-corrected chi connectivity index (χ0v) is 12.6. The van der Waals surface area contributed by atoms with E-state index in [0.29, 0.717) is 5.02 Å². The van der Waals surface area contributed by atoms with E-state index in [4.69, 9.17) is 22.2 Å². The minimum absolute atomic E-state index is 0.181. The van der Waals surface area contributed by atoms with Crippen molar-refractivity contribution in [1.29, 1.82) is 0 Å². The van der Waals surface area contributed by atoms with Crippen LogP contribution in [0.4, 0.5) is 0 Å². The number of rotatable bonds is 4. The lowest BCUT2D eigenvalue weighted by molar-refractivity contribution is 0.404. The van der Waals surface area contributed by atoms with Gasteiger partial charge in [0.25, 0.3) is 0 Å². The van der Waals surface area contributed by atoms with Crippen molar-refractivity contribution >= 4 is 22.9 Å². The number of ether oxygens (including phenoxy) is 1. The van der Waals surface area contributed by atoms with Gasteiger partial charge in [-0.3, -0.25) is 5.84 Å². The Balaban J connectivity index is 2.53. The molecule has 102 valence electrons. The van der Waals surface area contributed by atoms with E-state index in [0.717, 1.165) is 26.9 Å². The number of hydrogen-bond acceptors (Lipinski definition) is 5. The van der Waals surface area contributed by atoms with Crippen molar-refractivity contribution in [3.8, 4) is 5.75 Å². The van der Waals surface area contributed by atoms with Crippen molar-refractivity contribution in [3.05, 3.63) is 44.4 Å². The summed E-state index contributed by atoms with van der Waals surface area (Å²) in [6.45, 7) is 3.95. The van der Waals surface area contributed by atoms with E-state index in [1.54, 1.807) is 24.5 Å². The zero-order chi connectivity index (χ0) is 14.0. The molecule has 19 heavy (non-hydrogen) atoms. The van der Waals surface area contributed by atoms with Gasteiger partial charge < -0.3 is 4.74 Å². The number of methoxy groups -OCH3 is 1. The monoisotopic (exact) mass is 297 g/mol. The van der Waals surface area contributed by atoms with E-state index in [9.17, 15) is 0 Å². The van der Waals surface area contributed by atoms with Gasteiger partial charge in [0, 0.05) is 10.6 Å². The van der Waals surface area contributed by atoms with Gasteiger partial charge in [-0.05, 0) is 32.0 Å². The number of nitrogens with zero attached hydrogens (tertiary/aromatic N) is 1. The van der Waals surface area contributed by atoms with E-state index >= 15 is 0 Å². The molecule has 1 aromatic carbocycles. The van der Waals surface area contributed by atoms with Crippen LogP contribution in [-0.4, -0.2) is 12.1 Å². The van der Waals surface area contributed by atoms with Crippen LogP contribution < -0.4 is 16.0 Å². The summed E-state index contributed by atoms with van der Waals surface area (Å²) < 4.78 is 5.38. The molecule has 0 aliphatic heterocycles. The first-order valence-electron chi connectivity index (χ1n) is 5.80. The van der Waals surface area contributed by atoms with Gasteiger partial charge in [0.05, 0.1) is 28.7 Å². The SMILES string of the molecule is COc1ccc(Cl)cc1C(NN)c1sc(C)nc1C. The van der Waals surface area contributed by atoms with Crippen LogP contribution in [-0.2, 0) is 0 Å². The summed E-state index contributed by atoms with van der Waals surface area (Å²) in [5.41, 5.74) is 4.69. The van der Waals surface area contributed by atoms with E-state index in [2.05, 4.69) is 10.4 Å². The van der Waals surface area contributed by atoms with E-state index in [1.807, 2.05) is 26.0 Å². The molecule has 0 aliphatic carbocycles. The van der Waals surface area contributed by atoms with Gasteiger partial charge in [-0.2, -0.15) is 0 Å². The number of nitrogens with one attached hydrogen (secondary N) is 1. The molecule has 0 spiro atoms.